The van der Waals surface area contributed by atoms with Crippen LogP contribution < -0.4 is 14.4 Å². The van der Waals surface area contributed by atoms with Crippen LogP contribution in [-0.2, 0) is 0 Å². The Hall–Kier alpha value is -2.40. The minimum Gasteiger partial charge on any atom is -0.497 e. The normalized spacial score (nSPS) is 14.3. The van der Waals surface area contributed by atoms with Crippen molar-refractivity contribution < 1.29 is 14.3 Å². The van der Waals surface area contributed by atoms with Crippen LogP contribution in [0.1, 0.15) is 15.9 Å². The molecule has 0 N–H and O–H groups in total. The van der Waals surface area contributed by atoms with Crippen LogP contribution in [0, 0.1) is 6.92 Å². The molecule has 138 valence electrons. The molecule has 2 aromatic carbocycles. The van der Waals surface area contributed by atoms with Crippen molar-refractivity contribution in [3.8, 4) is 11.5 Å². The quantitative estimate of drug-likeness (QED) is 0.819. The molecular formula is C20H23ClN2O3. The van der Waals surface area contributed by atoms with Gasteiger partial charge in [0.05, 0.1) is 14.2 Å². The Bertz CT molecular complexity index is 779. The number of methoxy groups -OCH3 is 2. The van der Waals surface area contributed by atoms with Gasteiger partial charge in [-0.1, -0.05) is 11.6 Å². The highest BCUT2D eigenvalue weighted by Crippen LogP contribution is 2.26. The number of nitrogens with zero attached hydrogens (tertiary/aromatic N) is 2. The Labute approximate surface area is 159 Å². The lowest BCUT2D eigenvalue weighted by Crippen LogP contribution is -2.49. The summed E-state index contributed by atoms with van der Waals surface area (Å²) in [6, 6.07) is 11.2. The Morgan fingerprint density at radius 1 is 0.962 bits per heavy atom. The Balaban J connectivity index is 1.70. The molecule has 0 radical (unpaired) electrons. The van der Waals surface area contributed by atoms with E-state index in [1.54, 1.807) is 32.4 Å². The second-order valence-electron chi connectivity index (χ2n) is 6.31. The van der Waals surface area contributed by atoms with Crippen LogP contribution >= 0.6 is 11.6 Å². The van der Waals surface area contributed by atoms with Crippen LogP contribution in [0.2, 0.25) is 5.02 Å². The average molecular weight is 375 g/mol. The summed E-state index contributed by atoms with van der Waals surface area (Å²) in [4.78, 5) is 17.0. The SMILES string of the molecule is COc1cc(OC)cc(C(=O)N2CCN(c3ccc(Cl)cc3C)CC2)c1. The van der Waals surface area contributed by atoms with Gasteiger partial charge in [-0.25, -0.2) is 0 Å². The van der Waals surface area contributed by atoms with Crippen molar-refractivity contribution in [3.05, 3.63) is 52.5 Å². The van der Waals surface area contributed by atoms with Gasteiger partial charge in [0.2, 0.25) is 0 Å². The van der Waals surface area contributed by atoms with Crippen molar-refractivity contribution in [1.29, 1.82) is 0 Å². The number of carbonyl (C=O) groups excluding carboxylic acids is 1. The molecule has 1 aliphatic rings. The molecule has 1 fully saturated rings. The molecule has 0 aromatic heterocycles. The number of aryl methyl sites for hydroxylation is 1. The third-order valence-corrected chi connectivity index (χ3v) is 4.90. The number of rotatable bonds is 4. The van der Waals surface area contributed by atoms with Crippen LogP contribution in [0.5, 0.6) is 11.5 Å². The molecule has 0 aliphatic carbocycles. The van der Waals surface area contributed by atoms with Gasteiger partial charge < -0.3 is 19.3 Å². The van der Waals surface area contributed by atoms with E-state index in [1.807, 2.05) is 23.1 Å². The first-order chi connectivity index (χ1) is 12.5. The second kappa shape index (κ2) is 7.87. The summed E-state index contributed by atoms with van der Waals surface area (Å²) in [6.07, 6.45) is 0. The summed E-state index contributed by atoms with van der Waals surface area (Å²) in [5, 5.41) is 0.743. The summed E-state index contributed by atoms with van der Waals surface area (Å²) in [5.41, 5.74) is 2.90. The molecule has 1 aliphatic heterocycles. The van der Waals surface area contributed by atoms with Gasteiger partial charge in [-0.15, -0.1) is 0 Å². The van der Waals surface area contributed by atoms with Crippen LogP contribution in [0.4, 0.5) is 5.69 Å². The number of hydrogen-bond acceptors (Lipinski definition) is 4. The number of anilines is 1. The van der Waals surface area contributed by atoms with Crippen molar-refractivity contribution in [2.75, 3.05) is 45.3 Å². The predicted molar refractivity (Wildman–Crippen MR) is 104 cm³/mol. The van der Waals surface area contributed by atoms with E-state index in [-0.39, 0.29) is 5.91 Å². The Morgan fingerprint density at radius 3 is 2.12 bits per heavy atom. The van der Waals surface area contributed by atoms with Crippen LogP contribution in [0.25, 0.3) is 0 Å². The average Bonchev–Trinajstić information content (AvgIpc) is 2.67. The lowest BCUT2D eigenvalue weighted by Gasteiger charge is -2.37. The molecule has 2 aromatic rings. The number of hydrogen-bond donors (Lipinski definition) is 0. The molecule has 5 nitrogen and oxygen atoms in total. The summed E-state index contributed by atoms with van der Waals surface area (Å²) < 4.78 is 10.5. The fraction of sp³-hybridized carbons (Fsp3) is 0.350. The minimum absolute atomic E-state index is 0.00493. The van der Waals surface area contributed by atoms with E-state index in [0.717, 1.165) is 23.7 Å². The molecular weight excluding hydrogens is 352 g/mol. The number of halogens is 1. The number of carbonyl (C=O) groups is 1. The van der Waals surface area contributed by atoms with Gasteiger partial charge in [-0.3, -0.25) is 4.79 Å². The second-order valence-corrected chi connectivity index (χ2v) is 6.75. The number of amides is 1. The molecule has 1 heterocycles. The van der Waals surface area contributed by atoms with E-state index < -0.39 is 0 Å². The molecule has 26 heavy (non-hydrogen) atoms. The van der Waals surface area contributed by atoms with Crippen LogP contribution in [-0.4, -0.2) is 51.2 Å². The van der Waals surface area contributed by atoms with Gasteiger partial charge in [0, 0.05) is 48.5 Å². The summed E-state index contributed by atoms with van der Waals surface area (Å²) in [5.74, 6) is 1.22. The molecule has 0 atom stereocenters. The van der Waals surface area contributed by atoms with Crippen molar-refractivity contribution in [1.82, 2.24) is 4.90 Å². The molecule has 0 bridgehead atoms. The molecule has 0 unspecified atom stereocenters. The maximum absolute atomic E-state index is 12.9. The van der Waals surface area contributed by atoms with Gasteiger partial charge in [0.15, 0.2) is 0 Å². The van der Waals surface area contributed by atoms with Gasteiger partial charge >= 0.3 is 0 Å². The van der Waals surface area contributed by atoms with E-state index in [1.165, 1.54) is 5.69 Å². The Kier molecular flexibility index (Phi) is 5.57. The van der Waals surface area contributed by atoms with Gasteiger partial charge in [-0.2, -0.15) is 0 Å². The predicted octanol–water partition coefficient (Wildman–Crippen LogP) is 3.63. The van der Waals surface area contributed by atoms with E-state index in [9.17, 15) is 4.79 Å². The van der Waals surface area contributed by atoms with Crippen molar-refractivity contribution in [2.24, 2.45) is 0 Å². The maximum Gasteiger partial charge on any atom is 0.254 e. The fourth-order valence-electron chi connectivity index (χ4n) is 3.24. The zero-order valence-corrected chi connectivity index (χ0v) is 16.0. The zero-order valence-electron chi connectivity index (χ0n) is 15.3. The largest absolute Gasteiger partial charge is 0.497 e. The van der Waals surface area contributed by atoms with E-state index in [0.29, 0.717) is 30.2 Å². The lowest BCUT2D eigenvalue weighted by molar-refractivity contribution is 0.0746. The summed E-state index contributed by atoms with van der Waals surface area (Å²) in [6.45, 7) is 4.97. The standard InChI is InChI=1S/C20H23ClN2O3/c1-14-10-16(21)4-5-19(14)22-6-8-23(9-7-22)20(24)15-11-17(25-2)13-18(12-15)26-3/h4-5,10-13H,6-9H2,1-3H3. The number of ether oxygens (including phenoxy) is 2. The highest BCUT2D eigenvalue weighted by molar-refractivity contribution is 6.30. The van der Waals surface area contributed by atoms with Crippen LogP contribution in [0.3, 0.4) is 0 Å². The first-order valence-corrected chi connectivity index (χ1v) is 8.93. The Morgan fingerprint density at radius 2 is 1.58 bits per heavy atom. The zero-order chi connectivity index (χ0) is 18.7. The van der Waals surface area contributed by atoms with Gasteiger partial charge in [0.1, 0.15) is 11.5 Å². The molecule has 1 saturated heterocycles. The lowest BCUT2D eigenvalue weighted by atomic mass is 10.1. The first kappa shape index (κ1) is 18.4. The smallest absolute Gasteiger partial charge is 0.254 e. The van der Waals surface area contributed by atoms with Crippen LogP contribution in [0.15, 0.2) is 36.4 Å². The van der Waals surface area contributed by atoms with E-state index in [2.05, 4.69) is 11.8 Å². The van der Waals surface area contributed by atoms with Crippen molar-refractivity contribution in [3.63, 3.8) is 0 Å². The monoisotopic (exact) mass is 374 g/mol. The number of benzene rings is 2. The number of piperazine rings is 1. The minimum atomic E-state index is -0.00493. The summed E-state index contributed by atoms with van der Waals surface area (Å²) in [7, 11) is 3.16. The van der Waals surface area contributed by atoms with Gasteiger partial charge in [-0.05, 0) is 42.8 Å². The molecule has 1 amide bonds. The summed E-state index contributed by atoms with van der Waals surface area (Å²) >= 11 is 6.05. The molecule has 0 saturated carbocycles. The molecule has 3 rings (SSSR count). The third kappa shape index (κ3) is 3.88. The van der Waals surface area contributed by atoms with E-state index >= 15 is 0 Å². The topological polar surface area (TPSA) is 42.0 Å². The fourth-order valence-corrected chi connectivity index (χ4v) is 3.46. The van der Waals surface area contributed by atoms with Crippen molar-refractivity contribution in [2.45, 2.75) is 6.92 Å². The highest BCUT2D eigenvalue weighted by atomic mass is 35.5. The molecule has 6 heteroatoms. The van der Waals surface area contributed by atoms with Gasteiger partial charge in [0.25, 0.3) is 5.91 Å². The third-order valence-electron chi connectivity index (χ3n) is 4.66. The maximum atomic E-state index is 12.9. The first-order valence-electron chi connectivity index (χ1n) is 8.55. The van der Waals surface area contributed by atoms with E-state index in [4.69, 9.17) is 21.1 Å². The molecule has 0 spiro atoms. The highest BCUT2D eigenvalue weighted by Gasteiger charge is 2.24. The van der Waals surface area contributed by atoms with Crippen molar-refractivity contribution >= 4 is 23.2 Å².